The van der Waals surface area contributed by atoms with Gasteiger partial charge in [0, 0.05) is 18.6 Å². The summed E-state index contributed by atoms with van der Waals surface area (Å²) >= 11 is 0. The summed E-state index contributed by atoms with van der Waals surface area (Å²) in [5.41, 5.74) is 0. The minimum absolute atomic E-state index is 0.253. The van der Waals surface area contributed by atoms with E-state index < -0.39 is 0 Å². The molecule has 0 spiro atoms. The van der Waals surface area contributed by atoms with Crippen molar-refractivity contribution in [3.8, 4) is 0 Å². The molecule has 78 valence electrons. The third kappa shape index (κ3) is 4.07. The molecular formula is C10H22N2O. The summed E-state index contributed by atoms with van der Waals surface area (Å²) in [5.74, 6) is 0. The highest BCUT2D eigenvalue weighted by Gasteiger charge is 2.13. The number of aliphatic hydroxyl groups excluding tert-OH is 1. The van der Waals surface area contributed by atoms with Crippen molar-refractivity contribution in [2.75, 3.05) is 19.7 Å². The van der Waals surface area contributed by atoms with Gasteiger partial charge in [0.05, 0.1) is 6.61 Å². The summed E-state index contributed by atoms with van der Waals surface area (Å²) < 4.78 is 0. The van der Waals surface area contributed by atoms with Crippen LogP contribution in [-0.4, -0.2) is 36.9 Å². The molecule has 0 aliphatic carbocycles. The van der Waals surface area contributed by atoms with E-state index >= 15 is 0 Å². The Morgan fingerprint density at radius 1 is 1.54 bits per heavy atom. The maximum Gasteiger partial charge on any atom is 0.0584 e. The Labute approximate surface area is 80.9 Å². The molecule has 0 aromatic carbocycles. The van der Waals surface area contributed by atoms with Gasteiger partial charge in [-0.15, -0.1) is 0 Å². The van der Waals surface area contributed by atoms with Gasteiger partial charge in [0.2, 0.25) is 0 Å². The van der Waals surface area contributed by atoms with Gasteiger partial charge in [0.15, 0.2) is 0 Å². The molecule has 1 fully saturated rings. The predicted molar refractivity (Wildman–Crippen MR) is 54.8 cm³/mol. The van der Waals surface area contributed by atoms with Crippen LogP contribution in [0.1, 0.15) is 32.6 Å². The van der Waals surface area contributed by atoms with Gasteiger partial charge < -0.3 is 15.7 Å². The smallest absolute Gasteiger partial charge is 0.0584 e. The first-order chi connectivity index (χ1) is 6.36. The minimum atomic E-state index is 0.253. The number of aliphatic hydroxyl groups is 1. The summed E-state index contributed by atoms with van der Waals surface area (Å²) in [5, 5.41) is 15.8. The maximum absolute atomic E-state index is 8.97. The van der Waals surface area contributed by atoms with Crippen LogP contribution in [0.4, 0.5) is 0 Å². The largest absolute Gasteiger partial charge is 0.395 e. The second kappa shape index (κ2) is 6.35. The van der Waals surface area contributed by atoms with E-state index in [0.29, 0.717) is 6.04 Å². The van der Waals surface area contributed by atoms with Crippen LogP contribution in [0.25, 0.3) is 0 Å². The standard InChI is InChI=1S/C10H22N2O/c1-2-9(8-13)12-7-10-5-3-4-6-11-10/h9-13H,2-8H2,1H3/t9-,10?/m1/s1. The van der Waals surface area contributed by atoms with E-state index in [4.69, 9.17) is 5.11 Å². The van der Waals surface area contributed by atoms with Crippen LogP contribution >= 0.6 is 0 Å². The van der Waals surface area contributed by atoms with E-state index in [0.717, 1.165) is 19.5 Å². The molecule has 3 nitrogen and oxygen atoms in total. The predicted octanol–water partition coefficient (Wildman–Crippen LogP) is 0.489. The van der Waals surface area contributed by atoms with Crippen molar-refractivity contribution >= 4 is 0 Å². The lowest BCUT2D eigenvalue weighted by Gasteiger charge is -2.25. The van der Waals surface area contributed by atoms with E-state index in [9.17, 15) is 0 Å². The van der Waals surface area contributed by atoms with Gasteiger partial charge in [0.25, 0.3) is 0 Å². The van der Waals surface area contributed by atoms with Gasteiger partial charge >= 0.3 is 0 Å². The Morgan fingerprint density at radius 3 is 2.92 bits per heavy atom. The van der Waals surface area contributed by atoms with Crippen LogP contribution < -0.4 is 10.6 Å². The molecule has 1 unspecified atom stereocenters. The monoisotopic (exact) mass is 186 g/mol. The second-order valence-electron chi connectivity index (χ2n) is 3.84. The zero-order valence-corrected chi connectivity index (χ0v) is 8.55. The zero-order chi connectivity index (χ0) is 9.52. The first kappa shape index (κ1) is 11.0. The molecule has 13 heavy (non-hydrogen) atoms. The molecule has 1 aliphatic heterocycles. The van der Waals surface area contributed by atoms with E-state index in [1.807, 2.05) is 0 Å². The molecule has 0 aromatic heterocycles. The van der Waals surface area contributed by atoms with Crippen LogP contribution in [0, 0.1) is 0 Å². The maximum atomic E-state index is 8.97. The third-order valence-corrected chi connectivity index (χ3v) is 2.78. The Hall–Kier alpha value is -0.120. The fourth-order valence-electron chi connectivity index (χ4n) is 1.75. The molecule has 0 bridgehead atoms. The van der Waals surface area contributed by atoms with Gasteiger partial charge in [-0.1, -0.05) is 13.3 Å². The Morgan fingerprint density at radius 2 is 2.38 bits per heavy atom. The van der Waals surface area contributed by atoms with Crippen molar-refractivity contribution in [3.63, 3.8) is 0 Å². The lowest BCUT2D eigenvalue weighted by Crippen LogP contribution is -2.45. The number of rotatable bonds is 5. The zero-order valence-electron chi connectivity index (χ0n) is 8.55. The summed E-state index contributed by atoms with van der Waals surface area (Å²) in [4.78, 5) is 0. The summed E-state index contributed by atoms with van der Waals surface area (Å²) in [6.45, 7) is 4.51. The Balaban J connectivity index is 2.09. The molecule has 0 amide bonds. The molecule has 0 radical (unpaired) electrons. The van der Waals surface area contributed by atoms with Crippen molar-refractivity contribution in [3.05, 3.63) is 0 Å². The topological polar surface area (TPSA) is 44.3 Å². The second-order valence-corrected chi connectivity index (χ2v) is 3.84. The summed E-state index contributed by atoms with van der Waals surface area (Å²) in [7, 11) is 0. The summed E-state index contributed by atoms with van der Waals surface area (Å²) in [6.07, 6.45) is 4.93. The van der Waals surface area contributed by atoms with Crippen molar-refractivity contribution in [2.24, 2.45) is 0 Å². The highest BCUT2D eigenvalue weighted by molar-refractivity contribution is 4.76. The molecule has 1 rings (SSSR count). The number of hydrogen-bond donors (Lipinski definition) is 3. The molecule has 2 atom stereocenters. The van der Waals surface area contributed by atoms with Gasteiger partial charge in [-0.25, -0.2) is 0 Å². The van der Waals surface area contributed by atoms with Crippen LogP contribution in [0.3, 0.4) is 0 Å². The highest BCUT2D eigenvalue weighted by atomic mass is 16.3. The average Bonchev–Trinajstić information content (AvgIpc) is 2.21. The van der Waals surface area contributed by atoms with Crippen molar-refractivity contribution in [1.29, 1.82) is 0 Å². The van der Waals surface area contributed by atoms with Gasteiger partial charge in [-0.05, 0) is 25.8 Å². The van der Waals surface area contributed by atoms with Gasteiger partial charge in [-0.2, -0.15) is 0 Å². The van der Waals surface area contributed by atoms with Crippen molar-refractivity contribution in [2.45, 2.75) is 44.7 Å². The first-order valence-corrected chi connectivity index (χ1v) is 5.44. The van der Waals surface area contributed by atoms with Gasteiger partial charge in [0.1, 0.15) is 0 Å². The lowest BCUT2D eigenvalue weighted by atomic mass is 10.0. The van der Waals surface area contributed by atoms with Crippen molar-refractivity contribution < 1.29 is 5.11 Å². The van der Waals surface area contributed by atoms with E-state index in [1.54, 1.807) is 0 Å². The fourth-order valence-corrected chi connectivity index (χ4v) is 1.75. The molecule has 1 heterocycles. The molecule has 0 aromatic rings. The van der Waals surface area contributed by atoms with E-state index in [2.05, 4.69) is 17.6 Å². The SMILES string of the molecule is CC[C@H](CO)NCC1CCCCN1. The molecule has 1 saturated heterocycles. The van der Waals surface area contributed by atoms with Crippen molar-refractivity contribution in [1.82, 2.24) is 10.6 Å². The number of hydrogen-bond acceptors (Lipinski definition) is 3. The Bertz CT molecular complexity index is 120. The minimum Gasteiger partial charge on any atom is -0.395 e. The average molecular weight is 186 g/mol. The molecule has 1 aliphatic rings. The van der Waals surface area contributed by atoms with Crippen LogP contribution in [-0.2, 0) is 0 Å². The summed E-state index contributed by atoms with van der Waals surface area (Å²) in [6, 6.07) is 0.901. The number of piperidine rings is 1. The quantitative estimate of drug-likeness (QED) is 0.585. The van der Waals surface area contributed by atoms with Gasteiger partial charge in [-0.3, -0.25) is 0 Å². The molecule has 0 saturated carbocycles. The van der Waals surface area contributed by atoms with E-state index in [1.165, 1.54) is 19.3 Å². The first-order valence-electron chi connectivity index (χ1n) is 5.44. The van der Waals surface area contributed by atoms with Crippen LogP contribution in [0.5, 0.6) is 0 Å². The number of nitrogens with one attached hydrogen (secondary N) is 2. The Kier molecular flexibility index (Phi) is 5.35. The normalized spacial score (nSPS) is 25.8. The lowest BCUT2D eigenvalue weighted by molar-refractivity contribution is 0.232. The van der Waals surface area contributed by atoms with Crippen LogP contribution in [0.2, 0.25) is 0 Å². The highest BCUT2D eigenvalue weighted by Crippen LogP contribution is 2.06. The molecule has 3 heteroatoms. The molecule has 3 N–H and O–H groups in total. The third-order valence-electron chi connectivity index (χ3n) is 2.78. The van der Waals surface area contributed by atoms with E-state index in [-0.39, 0.29) is 12.6 Å². The van der Waals surface area contributed by atoms with Crippen LogP contribution in [0.15, 0.2) is 0 Å². The molecular weight excluding hydrogens is 164 g/mol. The fraction of sp³-hybridized carbons (Fsp3) is 1.00.